The van der Waals surface area contributed by atoms with Crippen molar-refractivity contribution >= 4 is 15.9 Å². The minimum atomic E-state index is -0.179. The SMILES string of the molecule is CCNC(Cc1ccc(Br)cc1F)c1ncccc1CC. The fourth-order valence-electron chi connectivity index (χ4n) is 2.48. The molecule has 1 aromatic heterocycles. The molecule has 1 unspecified atom stereocenters. The highest BCUT2D eigenvalue weighted by atomic mass is 79.9. The van der Waals surface area contributed by atoms with E-state index in [2.05, 4.69) is 46.1 Å². The number of likely N-dealkylation sites (N-methyl/N-ethyl adjacent to an activating group) is 1. The highest BCUT2D eigenvalue weighted by Crippen LogP contribution is 2.23. The maximum Gasteiger partial charge on any atom is 0.127 e. The van der Waals surface area contributed by atoms with Gasteiger partial charge in [0.15, 0.2) is 0 Å². The zero-order valence-electron chi connectivity index (χ0n) is 12.4. The molecule has 0 aliphatic carbocycles. The van der Waals surface area contributed by atoms with E-state index in [1.54, 1.807) is 6.20 Å². The lowest BCUT2D eigenvalue weighted by atomic mass is 9.98. The predicted molar refractivity (Wildman–Crippen MR) is 87.8 cm³/mol. The van der Waals surface area contributed by atoms with Crippen LogP contribution in [0.25, 0.3) is 0 Å². The van der Waals surface area contributed by atoms with Gasteiger partial charge in [0.1, 0.15) is 5.82 Å². The molecule has 0 saturated heterocycles. The number of hydrogen-bond acceptors (Lipinski definition) is 2. The number of halogens is 2. The van der Waals surface area contributed by atoms with Gasteiger partial charge in [0, 0.05) is 10.7 Å². The minimum absolute atomic E-state index is 0.0295. The van der Waals surface area contributed by atoms with Crippen LogP contribution in [0, 0.1) is 5.82 Å². The minimum Gasteiger partial charge on any atom is -0.309 e. The van der Waals surface area contributed by atoms with Gasteiger partial charge in [0.25, 0.3) is 0 Å². The maximum atomic E-state index is 14.1. The Balaban J connectivity index is 2.30. The molecule has 0 amide bonds. The molecule has 0 aliphatic heterocycles. The van der Waals surface area contributed by atoms with Crippen molar-refractivity contribution in [1.29, 1.82) is 0 Å². The molecular formula is C17H20BrFN2. The van der Waals surface area contributed by atoms with Gasteiger partial charge in [-0.05, 0) is 48.7 Å². The molecule has 21 heavy (non-hydrogen) atoms. The van der Waals surface area contributed by atoms with Crippen molar-refractivity contribution in [3.63, 3.8) is 0 Å². The Kier molecular flexibility index (Phi) is 5.88. The van der Waals surface area contributed by atoms with Gasteiger partial charge in [-0.3, -0.25) is 4.98 Å². The second-order valence-electron chi connectivity index (χ2n) is 4.95. The van der Waals surface area contributed by atoms with Crippen molar-refractivity contribution in [2.24, 2.45) is 0 Å². The van der Waals surface area contributed by atoms with E-state index in [1.807, 2.05) is 18.2 Å². The molecule has 2 rings (SSSR count). The molecule has 1 N–H and O–H groups in total. The number of nitrogens with one attached hydrogen (secondary N) is 1. The first kappa shape index (κ1) is 16.1. The Morgan fingerprint density at radius 2 is 2.05 bits per heavy atom. The van der Waals surface area contributed by atoms with Crippen LogP contribution in [-0.4, -0.2) is 11.5 Å². The van der Waals surface area contributed by atoms with Crippen LogP contribution in [0.2, 0.25) is 0 Å². The van der Waals surface area contributed by atoms with E-state index < -0.39 is 0 Å². The molecule has 1 atom stereocenters. The summed E-state index contributed by atoms with van der Waals surface area (Å²) < 4.78 is 14.8. The van der Waals surface area contributed by atoms with Crippen LogP contribution in [-0.2, 0) is 12.8 Å². The van der Waals surface area contributed by atoms with Gasteiger partial charge in [0.2, 0.25) is 0 Å². The first-order chi connectivity index (χ1) is 10.2. The lowest BCUT2D eigenvalue weighted by molar-refractivity contribution is 0.514. The van der Waals surface area contributed by atoms with Crippen LogP contribution in [0.15, 0.2) is 41.0 Å². The number of nitrogens with zero attached hydrogens (tertiary/aromatic N) is 1. The highest BCUT2D eigenvalue weighted by Gasteiger charge is 2.17. The summed E-state index contributed by atoms with van der Waals surface area (Å²) in [5, 5.41) is 3.42. The summed E-state index contributed by atoms with van der Waals surface area (Å²) in [4.78, 5) is 4.52. The molecule has 0 saturated carbocycles. The molecular weight excluding hydrogens is 331 g/mol. The van der Waals surface area contributed by atoms with E-state index in [-0.39, 0.29) is 11.9 Å². The van der Waals surface area contributed by atoms with Crippen LogP contribution < -0.4 is 5.32 Å². The fraction of sp³-hybridized carbons (Fsp3) is 0.353. The zero-order valence-corrected chi connectivity index (χ0v) is 14.0. The first-order valence-electron chi connectivity index (χ1n) is 7.26. The third-order valence-electron chi connectivity index (χ3n) is 3.53. The average Bonchev–Trinajstić information content (AvgIpc) is 2.49. The van der Waals surface area contributed by atoms with Crippen molar-refractivity contribution in [2.45, 2.75) is 32.7 Å². The van der Waals surface area contributed by atoms with E-state index >= 15 is 0 Å². The Morgan fingerprint density at radius 1 is 1.24 bits per heavy atom. The molecule has 0 spiro atoms. The normalized spacial score (nSPS) is 12.4. The predicted octanol–water partition coefficient (Wildman–Crippen LogP) is 4.44. The van der Waals surface area contributed by atoms with Gasteiger partial charge in [-0.15, -0.1) is 0 Å². The van der Waals surface area contributed by atoms with Crippen LogP contribution in [0.4, 0.5) is 4.39 Å². The van der Waals surface area contributed by atoms with E-state index in [0.717, 1.165) is 23.1 Å². The second kappa shape index (κ2) is 7.66. The van der Waals surface area contributed by atoms with Crippen molar-refractivity contribution in [2.75, 3.05) is 6.54 Å². The smallest absolute Gasteiger partial charge is 0.127 e. The second-order valence-corrected chi connectivity index (χ2v) is 5.87. The fourth-order valence-corrected chi connectivity index (χ4v) is 2.82. The van der Waals surface area contributed by atoms with Crippen molar-refractivity contribution in [3.05, 3.63) is 63.6 Å². The third kappa shape index (κ3) is 4.11. The van der Waals surface area contributed by atoms with E-state index in [9.17, 15) is 4.39 Å². The van der Waals surface area contributed by atoms with Crippen molar-refractivity contribution in [1.82, 2.24) is 10.3 Å². The van der Waals surface area contributed by atoms with Gasteiger partial charge in [-0.1, -0.05) is 41.9 Å². The zero-order chi connectivity index (χ0) is 15.2. The van der Waals surface area contributed by atoms with Crippen LogP contribution >= 0.6 is 15.9 Å². The van der Waals surface area contributed by atoms with Crippen molar-refractivity contribution < 1.29 is 4.39 Å². The van der Waals surface area contributed by atoms with Crippen molar-refractivity contribution in [3.8, 4) is 0 Å². The Morgan fingerprint density at radius 3 is 2.71 bits per heavy atom. The van der Waals surface area contributed by atoms with E-state index in [4.69, 9.17) is 0 Å². The van der Waals surface area contributed by atoms with Crippen LogP contribution in [0.1, 0.15) is 36.7 Å². The molecule has 1 heterocycles. The molecule has 4 heteroatoms. The number of aromatic nitrogens is 1. The average molecular weight is 351 g/mol. The van der Waals surface area contributed by atoms with Gasteiger partial charge in [-0.2, -0.15) is 0 Å². The molecule has 112 valence electrons. The number of rotatable bonds is 6. The highest BCUT2D eigenvalue weighted by molar-refractivity contribution is 9.10. The summed E-state index contributed by atoms with van der Waals surface area (Å²) in [6.45, 7) is 4.99. The summed E-state index contributed by atoms with van der Waals surface area (Å²) in [6.07, 6.45) is 3.32. The molecule has 0 radical (unpaired) electrons. The van der Waals surface area contributed by atoms with E-state index in [0.29, 0.717) is 12.0 Å². The lowest BCUT2D eigenvalue weighted by Crippen LogP contribution is -2.25. The van der Waals surface area contributed by atoms with Gasteiger partial charge in [-0.25, -0.2) is 4.39 Å². The van der Waals surface area contributed by atoms with Gasteiger partial charge in [0.05, 0.1) is 11.7 Å². The summed E-state index contributed by atoms with van der Waals surface area (Å²) in [5.41, 5.74) is 2.93. The standard InChI is InChI=1S/C17H20BrFN2/c1-3-12-6-5-9-21-17(12)16(20-4-2)10-13-7-8-14(18)11-15(13)19/h5-9,11,16,20H,3-4,10H2,1-2H3. The van der Waals surface area contributed by atoms with Gasteiger partial charge >= 0.3 is 0 Å². The Labute approximate surface area is 133 Å². The maximum absolute atomic E-state index is 14.1. The van der Waals surface area contributed by atoms with Gasteiger partial charge < -0.3 is 5.32 Å². The first-order valence-corrected chi connectivity index (χ1v) is 8.06. The third-order valence-corrected chi connectivity index (χ3v) is 4.02. The number of pyridine rings is 1. The summed E-state index contributed by atoms with van der Waals surface area (Å²) in [5.74, 6) is -0.179. The van der Waals surface area contributed by atoms with Crippen LogP contribution in [0.5, 0.6) is 0 Å². The molecule has 0 fully saturated rings. The Bertz CT molecular complexity index is 601. The molecule has 0 aliphatic rings. The monoisotopic (exact) mass is 350 g/mol. The molecule has 2 nitrogen and oxygen atoms in total. The van der Waals surface area contributed by atoms with Crippen LogP contribution in [0.3, 0.4) is 0 Å². The summed E-state index contributed by atoms with van der Waals surface area (Å²) in [6, 6.07) is 9.29. The summed E-state index contributed by atoms with van der Waals surface area (Å²) >= 11 is 3.29. The Hall–Kier alpha value is -1.26. The quantitative estimate of drug-likeness (QED) is 0.832. The number of hydrogen-bond donors (Lipinski definition) is 1. The largest absolute Gasteiger partial charge is 0.309 e. The summed E-state index contributed by atoms with van der Waals surface area (Å²) in [7, 11) is 0. The molecule has 0 bridgehead atoms. The lowest BCUT2D eigenvalue weighted by Gasteiger charge is -2.20. The number of benzene rings is 1. The topological polar surface area (TPSA) is 24.9 Å². The number of aryl methyl sites for hydroxylation is 1. The molecule has 2 aromatic rings. The molecule has 1 aromatic carbocycles. The van der Waals surface area contributed by atoms with E-state index in [1.165, 1.54) is 11.6 Å².